The molecule has 3 rings (SSSR count). The van der Waals surface area contributed by atoms with E-state index >= 15 is 0 Å². The minimum Gasteiger partial charge on any atom is -0.477 e. The van der Waals surface area contributed by atoms with E-state index in [1.54, 1.807) is 25.3 Å². The van der Waals surface area contributed by atoms with Gasteiger partial charge in [-0.25, -0.2) is 18.6 Å². The maximum absolute atomic E-state index is 13.7. The molecule has 10 heteroatoms. The second-order valence-corrected chi connectivity index (χ2v) is 7.12. The molecule has 8 nitrogen and oxygen atoms in total. The van der Waals surface area contributed by atoms with Crippen LogP contribution in [-0.4, -0.2) is 41.3 Å². The van der Waals surface area contributed by atoms with Gasteiger partial charge >= 0.3 is 5.97 Å². The summed E-state index contributed by atoms with van der Waals surface area (Å²) in [6.07, 6.45) is 2.11. The number of alkyl halides is 2. The molecule has 32 heavy (non-hydrogen) atoms. The minimum absolute atomic E-state index is 0.0433. The van der Waals surface area contributed by atoms with Gasteiger partial charge in [-0.3, -0.25) is 0 Å². The van der Waals surface area contributed by atoms with Gasteiger partial charge in [-0.05, 0) is 30.2 Å². The van der Waals surface area contributed by atoms with Crippen molar-refractivity contribution in [1.82, 2.24) is 9.97 Å². The second kappa shape index (κ2) is 10.2. The third kappa shape index (κ3) is 5.79. The van der Waals surface area contributed by atoms with Crippen LogP contribution in [0, 0.1) is 0 Å². The first-order chi connectivity index (χ1) is 15.3. The Kier molecular flexibility index (Phi) is 7.37. The Morgan fingerprint density at radius 2 is 2.03 bits per heavy atom. The summed E-state index contributed by atoms with van der Waals surface area (Å²) in [5, 5.41) is 15.8. The summed E-state index contributed by atoms with van der Waals surface area (Å²) in [5.41, 5.74) is 0.338. The first kappa shape index (κ1) is 23.1. The van der Waals surface area contributed by atoms with Crippen molar-refractivity contribution in [1.29, 1.82) is 0 Å². The molecule has 3 N–H and O–H groups in total. The average Bonchev–Trinajstić information content (AvgIpc) is 3.29. The number of carbonyl (C=O) groups is 1. The summed E-state index contributed by atoms with van der Waals surface area (Å²) in [7, 11) is 1.60. The topological polar surface area (TPSA) is 110 Å². The van der Waals surface area contributed by atoms with Crippen molar-refractivity contribution in [3.05, 3.63) is 59.4 Å². The Labute approximate surface area is 183 Å². The van der Waals surface area contributed by atoms with Gasteiger partial charge in [0.25, 0.3) is 5.92 Å². The van der Waals surface area contributed by atoms with Crippen LogP contribution in [0.4, 0.5) is 20.5 Å². The largest absolute Gasteiger partial charge is 0.477 e. The van der Waals surface area contributed by atoms with Crippen LogP contribution in [0.5, 0.6) is 0 Å². The highest BCUT2D eigenvalue weighted by molar-refractivity contribution is 5.99. The van der Waals surface area contributed by atoms with E-state index in [9.17, 15) is 18.7 Å². The van der Waals surface area contributed by atoms with Crippen LogP contribution >= 0.6 is 0 Å². The van der Waals surface area contributed by atoms with E-state index in [-0.39, 0.29) is 40.9 Å². The minimum atomic E-state index is -2.98. The predicted molar refractivity (Wildman–Crippen MR) is 115 cm³/mol. The average molecular weight is 446 g/mol. The number of nitrogens with one attached hydrogen (secondary N) is 2. The highest BCUT2D eigenvalue weighted by atomic mass is 19.3. The first-order valence-corrected chi connectivity index (χ1v) is 9.92. The predicted octanol–water partition coefficient (Wildman–Crippen LogP) is 4.61. The van der Waals surface area contributed by atoms with Gasteiger partial charge in [0.2, 0.25) is 5.95 Å². The smallest absolute Gasteiger partial charge is 0.341 e. The van der Waals surface area contributed by atoms with Crippen molar-refractivity contribution in [3.63, 3.8) is 0 Å². The molecule has 0 aliphatic rings. The van der Waals surface area contributed by atoms with Crippen molar-refractivity contribution < 1.29 is 27.8 Å². The van der Waals surface area contributed by atoms with Gasteiger partial charge < -0.3 is 24.9 Å². The molecule has 0 fully saturated rings. The fourth-order valence-electron chi connectivity index (χ4n) is 3.02. The van der Waals surface area contributed by atoms with Gasteiger partial charge in [0.1, 0.15) is 17.1 Å². The summed E-state index contributed by atoms with van der Waals surface area (Å²) in [6, 6.07) is 9.12. The molecule has 2 heterocycles. The molecule has 0 spiro atoms. The Bertz CT molecular complexity index is 1050. The number of carboxylic acid groups (broad SMARTS) is 1. The normalized spacial score (nSPS) is 11.4. The number of carboxylic acids is 1. The lowest BCUT2D eigenvalue weighted by atomic mass is 10.1. The third-order valence-corrected chi connectivity index (χ3v) is 4.58. The lowest BCUT2D eigenvalue weighted by Crippen LogP contribution is -2.15. The molecule has 0 saturated carbocycles. The van der Waals surface area contributed by atoms with Crippen LogP contribution in [0.15, 0.2) is 47.1 Å². The van der Waals surface area contributed by atoms with E-state index in [1.165, 1.54) is 24.5 Å². The van der Waals surface area contributed by atoms with E-state index in [4.69, 9.17) is 9.15 Å². The van der Waals surface area contributed by atoms with Crippen LogP contribution < -0.4 is 10.6 Å². The maximum atomic E-state index is 13.7. The quantitative estimate of drug-likeness (QED) is 0.367. The lowest BCUT2D eigenvalue weighted by molar-refractivity contribution is 0.0174. The van der Waals surface area contributed by atoms with Gasteiger partial charge in [0, 0.05) is 39.3 Å². The van der Waals surface area contributed by atoms with E-state index in [1.807, 2.05) is 0 Å². The number of aromatic carboxylic acids is 1. The molecule has 0 unspecified atom stereocenters. The maximum Gasteiger partial charge on any atom is 0.341 e. The molecule has 170 valence electrons. The number of furan rings is 1. The molecular weight excluding hydrogens is 422 g/mol. The molecule has 0 aliphatic heterocycles. The standard InChI is InChI=1S/C22H24F2N4O4/c1-22(23,24)15-7-3-6-14(12-15)13-26-19-17(20(29)30)18(16-8-4-11-32-16)27-21(28-19)25-9-5-10-31-2/h3-4,6-8,11-12H,5,9-10,13H2,1-2H3,(H,29,30)(H2,25,26,27,28). The summed E-state index contributed by atoms with van der Waals surface area (Å²) in [5.74, 6) is -3.72. The van der Waals surface area contributed by atoms with E-state index in [0.29, 0.717) is 25.1 Å². The zero-order valence-electron chi connectivity index (χ0n) is 17.7. The molecule has 0 radical (unpaired) electrons. The van der Waals surface area contributed by atoms with Crippen molar-refractivity contribution in [2.45, 2.75) is 25.8 Å². The summed E-state index contributed by atoms with van der Waals surface area (Å²) in [6.45, 7) is 1.95. The van der Waals surface area contributed by atoms with Gasteiger partial charge in [-0.1, -0.05) is 18.2 Å². The number of methoxy groups -OCH3 is 1. The number of nitrogens with zero attached hydrogens (tertiary/aromatic N) is 2. The first-order valence-electron chi connectivity index (χ1n) is 9.92. The van der Waals surface area contributed by atoms with Crippen molar-refractivity contribution >= 4 is 17.7 Å². The number of hydrogen-bond acceptors (Lipinski definition) is 7. The molecule has 2 aromatic heterocycles. The van der Waals surface area contributed by atoms with Crippen LogP contribution in [0.1, 0.15) is 34.8 Å². The molecule has 0 bridgehead atoms. The van der Waals surface area contributed by atoms with Crippen molar-refractivity contribution in [2.24, 2.45) is 0 Å². The van der Waals surface area contributed by atoms with Crippen molar-refractivity contribution in [3.8, 4) is 11.5 Å². The fraction of sp³-hybridized carbons (Fsp3) is 0.318. The van der Waals surface area contributed by atoms with Crippen LogP contribution in [0.2, 0.25) is 0 Å². The van der Waals surface area contributed by atoms with Crippen LogP contribution in [0.3, 0.4) is 0 Å². The summed E-state index contributed by atoms with van der Waals surface area (Å²) < 4.78 is 37.7. The van der Waals surface area contributed by atoms with Crippen LogP contribution in [0.25, 0.3) is 11.5 Å². The number of hydrogen-bond donors (Lipinski definition) is 3. The fourth-order valence-corrected chi connectivity index (χ4v) is 3.02. The molecule has 0 amide bonds. The number of benzene rings is 1. The Hall–Kier alpha value is -3.53. The second-order valence-electron chi connectivity index (χ2n) is 7.12. The molecule has 0 aliphatic carbocycles. The molecule has 3 aromatic rings. The third-order valence-electron chi connectivity index (χ3n) is 4.58. The summed E-state index contributed by atoms with van der Waals surface area (Å²) >= 11 is 0. The van der Waals surface area contributed by atoms with Crippen LogP contribution in [-0.2, 0) is 17.2 Å². The van der Waals surface area contributed by atoms with Crippen molar-refractivity contribution in [2.75, 3.05) is 30.9 Å². The number of aromatic nitrogens is 2. The molecule has 0 atom stereocenters. The number of halogens is 2. The SMILES string of the molecule is COCCCNc1nc(NCc2cccc(C(C)(F)F)c2)c(C(=O)O)c(-c2ccco2)n1. The van der Waals surface area contributed by atoms with E-state index < -0.39 is 11.9 Å². The number of rotatable bonds is 11. The monoisotopic (exact) mass is 446 g/mol. The zero-order chi connectivity index (χ0) is 23.1. The number of ether oxygens (including phenoxy) is 1. The molecule has 1 aromatic carbocycles. The van der Waals surface area contributed by atoms with Gasteiger partial charge in [-0.15, -0.1) is 0 Å². The van der Waals surface area contributed by atoms with Gasteiger partial charge in [-0.2, -0.15) is 4.98 Å². The zero-order valence-corrected chi connectivity index (χ0v) is 17.7. The lowest BCUT2D eigenvalue weighted by Gasteiger charge is -2.15. The number of anilines is 2. The molecular formula is C22H24F2N4O4. The summed E-state index contributed by atoms with van der Waals surface area (Å²) in [4.78, 5) is 20.7. The van der Waals surface area contributed by atoms with Gasteiger partial charge in [0.05, 0.1) is 6.26 Å². The van der Waals surface area contributed by atoms with Gasteiger partial charge in [0.15, 0.2) is 5.76 Å². The highest BCUT2D eigenvalue weighted by Crippen LogP contribution is 2.30. The highest BCUT2D eigenvalue weighted by Gasteiger charge is 2.25. The van der Waals surface area contributed by atoms with E-state index in [2.05, 4.69) is 20.6 Å². The Morgan fingerprint density at radius 3 is 2.69 bits per heavy atom. The Morgan fingerprint density at radius 1 is 1.22 bits per heavy atom. The molecule has 0 saturated heterocycles. The Balaban J connectivity index is 1.94. The van der Waals surface area contributed by atoms with E-state index in [0.717, 1.165) is 6.92 Å².